The fraction of sp³-hybridized carbons (Fsp3) is 0. The van der Waals surface area contributed by atoms with Gasteiger partial charge in [0.15, 0.2) is 0 Å². The monoisotopic (exact) mass is 228 g/mol. The molecule has 1 aromatic carbocycles. The number of rotatable bonds is 3. The predicted molar refractivity (Wildman–Crippen MR) is 66.1 cm³/mol. The topological polar surface area (TPSA) is 72.4 Å². The number of para-hydroxylation sites is 1. The number of benzene rings is 1. The smallest absolute Gasteiger partial charge is 0.332 e. The highest BCUT2D eigenvalue weighted by molar-refractivity contribution is 5.80. The predicted octanol–water partition coefficient (Wildman–Crippen LogP) is 1.48. The first-order valence-corrected chi connectivity index (χ1v) is 5.08. The second-order valence-corrected chi connectivity index (χ2v) is 3.37. The standard InChI is InChI=1S/C12H12N4O/c13-12(17)15-14-9-11-7-4-8-16(11)10-5-2-1-3-6-10/h1-9H,(H3,13,15,17)/b14-9-. The lowest BCUT2D eigenvalue weighted by Crippen LogP contribution is -2.24. The van der Waals surface area contributed by atoms with Crippen LogP contribution in [-0.4, -0.2) is 16.8 Å². The van der Waals surface area contributed by atoms with E-state index in [9.17, 15) is 4.79 Å². The third-order valence-electron chi connectivity index (χ3n) is 2.19. The van der Waals surface area contributed by atoms with Gasteiger partial charge in [0.2, 0.25) is 0 Å². The van der Waals surface area contributed by atoms with Gasteiger partial charge < -0.3 is 10.3 Å². The number of hydrogen-bond donors (Lipinski definition) is 2. The second-order valence-electron chi connectivity index (χ2n) is 3.37. The van der Waals surface area contributed by atoms with Gasteiger partial charge in [-0.3, -0.25) is 0 Å². The number of nitrogens with zero attached hydrogens (tertiary/aromatic N) is 2. The van der Waals surface area contributed by atoms with Crippen LogP contribution in [0.4, 0.5) is 4.79 Å². The Balaban J connectivity index is 2.23. The van der Waals surface area contributed by atoms with E-state index in [1.54, 1.807) is 0 Å². The van der Waals surface area contributed by atoms with E-state index in [-0.39, 0.29) is 0 Å². The molecule has 0 atom stereocenters. The van der Waals surface area contributed by atoms with Gasteiger partial charge in [-0.1, -0.05) is 18.2 Å². The molecule has 0 aliphatic heterocycles. The third kappa shape index (κ3) is 2.72. The van der Waals surface area contributed by atoms with Crippen LogP contribution in [-0.2, 0) is 0 Å². The van der Waals surface area contributed by atoms with Gasteiger partial charge in [-0.2, -0.15) is 5.10 Å². The number of hydrazone groups is 1. The minimum absolute atomic E-state index is 0.681. The van der Waals surface area contributed by atoms with Crippen LogP contribution in [0.2, 0.25) is 0 Å². The minimum Gasteiger partial charge on any atom is -0.350 e. The van der Waals surface area contributed by atoms with Gasteiger partial charge in [-0.15, -0.1) is 0 Å². The zero-order chi connectivity index (χ0) is 12.1. The molecule has 0 radical (unpaired) electrons. The van der Waals surface area contributed by atoms with E-state index in [2.05, 4.69) is 10.5 Å². The molecule has 3 N–H and O–H groups in total. The van der Waals surface area contributed by atoms with E-state index in [1.807, 2.05) is 53.2 Å². The molecular weight excluding hydrogens is 216 g/mol. The summed E-state index contributed by atoms with van der Waals surface area (Å²) in [6, 6.07) is 12.9. The summed E-state index contributed by atoms with van der Waals surface area (Å²) < 4.78 is 1.95. The molecular formula is C12H12N4O. The van der Waals surface area contributed by atoms with Gasteiger partial charge in [0.1, 0.15) is 0 Å². The van der Waals surface area contributed by atoms with Crippen LogP contribution >= 0.6 is 0 Å². The van der Waals surface area contributed by atoms with Crippen LogP contribution in [0, 0.1) is 0 Å². The van der Waals surface area contributed by atoms with E-state index in [4.69, 9.17) is 5.73 Å². The van der Waals surface area contributed by atoms with Crippen molar-refractivity contribution in [2.24, 2.45) is 10.8 Å². The van der Waals surface area contributed by atoms with Crippen molar-refractivity contribution in [3.63, 3.8) is 0 Å². The molecule has 0 bridgehead atoms. The molecule has 17 heavy (non-hydrogen) atoms. The van der Waals surface area contributed by atoms with Gasteiger partial charge in [-0.25, -0.2) is 10.2 Å². The average Bonchev–Trinajstić information content (AvgIpc) is 2.78. The first-order valence-electron chi connectivity index (χ1n) is 5.08. The molecule has 0 aliphatic carbocycles. The lowest BCUT2D eigenvalue weighted by atomic mass is 10.3. The largest absolute Gasteiger partial charge is 0.350 e. The maximum atomic E-state index is 10.5. The molecule has 5 nitrogen and oxygen atoms in total. The molecule has 0 aliphatic rings. The zero-order valence-corrected chi connectivity index (χ0v) is 9.08. The summed E-state index contributed by atoms with van der Waals surface area (Å²) in [5.41, 5.74) is 8.95. The van der Waals surface area contributed by atoms with Crippen LogP contribution < -0.4 is 11.2 Å². The van der Waals surface area contributed by atoms with Crippen LogP contribution in [0.5, 0.6) is 0 Å². The van der Waals surface area contributed by atoms with Crippen LogP contribution in [0.15, 0.2) is 53.8 Å². The summed E-state index contributed by atoms with van der Waals surface area (Å²) in [7, 11) is 0. The Morgan fingerprint density at radius 3 is 2.71 bits per heavy atom. The molecule has 2 amide bonds. The SMILES string of the molecule is NC(=O)N/N=C\c1cccn1-c1ccccc1. The highest BCUT2D eigenvalue weighted by Crippen LogP contribution is 2.10. The Labute approximate surface area is 98.6 Å². The Morgan fingerprint density at radius 1 is 1.24 bits per heavy atom. The minimum atomic E-state index is -0.681. The number of aromatic nitrogens is 1. The summed E-state index contributed by atoms with van der Waals surface area (Å²) >= 11 is 0. The molecule has 1 aromatic heterocycles. The molecule has 0 saturated carbocycles. The first-order chi connectivity index (χ1) is 8.27. The molecule has 0 saturated heterocycles. The van der Waals surface area contributed by atoms with Crippen molar-refractivity contribution < 1.29 is 4.79 Å². The fourth-order valence-electron chi connectivity index (χ4n) is 1.49. The van der Waals surface area contributed by atoms with Crippen molar-refractivity contribution in [1.82, 2.24) is 9.99 Å². The maximum Gasteiger partial charge on any atom is 0.332 e. The van der Waals surface area contributed by atoms with Gasteiger partial charge in [0, 0.05) is 11.9 Å². The maximum absolute atomic E-state index is 10.5. The Bertz CT molecular complexity index is 530. The van der Waals surface area contributed by atoms with E-state index < -0.39 is 6.03 Å². The Kier molecular flexibility index (Phi) is 3.20. The quantitative estimate of drug-likeness (QED) is 0.606. The van der Waals surface area contributed by atoms with Crippen molar-refractivity contribution in [2.45, 2.75) is 0 Å². The summed E-state index contributed by atoms with van der Waals surface area (Å²) in [6.07, 6.45) is 3.46. The van der Waals surface area contributed by atoms with E-state index >= 15 is 0 Å². The number of nitrogens with two attached hydrogens (primary N) is 1. The molecule has 86 valence electrons. The van der Waals surface area contributed by atoms with Gasteiger partial charge >= 0.3 is 6.03 Å². The number of primary amides is 1. The Hall–Kier alpha value is -2.56. The second kappa shape index (κ2) is 4.98. The van der Waals surface area contributed by atoms with Gasteiger partial charge in [0.05, 0.1) is 11.9 Å². The summed E-state index contributed by atoms with van der Waals surface area (Å²) in [5.74, 6) is 0. The lowest BCUT2D eigenvalue weighted by molar-refractivity contribution is 0.249. The summed E-state index contributed by atoms with van der Waals surface area (Å²) in [6.45, 7) is 0. The Morgan fingerprint density at radius 2 is 2.00 bits per heavy atom. The molecule has 5 heteroatoms. The number of amides is 2. The van der Waals surface area contributed by atoms with Crippen LogP contribution in [0.3, 0.4) is 0 Å². The number of hydrogen-bond acceptors (Lipinski definition) is 2. The summed E-state index contributed by atoms with van der Waals surface area (Å²) in [4.78, 5) is 10.5. The molecule has 0 unspecified atom stereocenters. The highest BCUT2D eigenvalue weighted by atomic mass is 16.2. The molecule has 2 aromatic rings. The number of urea groups is 1. The van der Waals surface area contributed by atoms with E-state index in [0.29, 0.717) is 0 Å². The zero-order valence-electron chi connectivity index (χ0n) is 9.08. The molecule has 0 fully saturated rings. The molecule has 0 spiro atoms. The van der Waals surface area contributed by atoms with E-state index in [0.717, 1.165) is 11.4 Å². The van der Waals surface area contributed by atoms with Crippen LogP contribution in [0.25, 0.3) is 5.69 Å². The van der Waals surface area contributed by atoms with Crippen LogP contribution in [0.1, 0.15) is 5.69 Å². The molecule has 1 heterocycles. The van der Waals surface area contributed by atoms with E-state index in [1.165, 1.54) is 6.21 Å². The average molecular weight is 228 g/mol. The molecule has 2 rings (SSSR count). The first kappa shape index (κ1) is 10.9. The van der Waals surface area contributed by atoms with Crippen molar-refractivity contribution in [3.05, 3.63) is 54.4 Å². The van der Waals surface area contributed by atoms with Crippen molar-refractivity contribution in [1.29, 1.82) is 0 Å². The number of nitrogens with one attached hydrogen (secondary N) is 1. The highest BCUT2D eigenvalue weighted by Gasteiger charge is 1.99. The lowest BCUT2D eigenvalue weighted by Gasteiger charge is -2.05. The van der Waals surface area contributed by atoms with Crippen molar-refractivity contribution in [2.75, 3.05) is 0 Å². The van der Waals surface area contributed by atoms with Gasteiger partial charge in [-0.05, 0) is 24.3 Å². The normalized spacial score (nSPS) is 10.6. The summed E-state index contributed by atoms with van der Waals surface area (Å²) in [5, 5.41) is 3.73. The number of carbonyl (C=O) groups excluding carboxylic acids is 1. The van der Waals surface area contributed by atoms with Crippen molar-refractivity contribution >= 4 is 12.2 Å². The fourth-order valence-corrected chi connectivity index (χ4v) is 1.49. The third-order valence-corrected chi connectivity index (χ3v) is 2.19. The van der Waals surface area contributed by atoms with Gasteiger partial charge in [0.25, 0.3) is 0 Å². The number of carbonyl (C=O) groups is 1. The van der Waals surface area contributed by atoms with Crippen molar-refractivity contribution in [3.8, 4) is 5.69 Å².